The molecule has 2 heteroatoms. The molecule has 0 aromatic heterocycles. The predicted molar refractivity (Wildman–Crippen MR) is 62.2 cm³/mol. The van der Waals surface area contributed by atoms with Gasteiger partial charge in [0.05, 0.1) is 0 Å². The van der Waals surface area contributed by atoms with Crippen molar-refractivity contribution in [1.82, 2.24) is 0 Å². The Morgan fingerprint density at radius 2 is 1.93 bits per heavy atom. The van der Waals surface area contributed by atoms with Crippen LogP contribution in [0.25, 0.3) is 0 Å². The first kappa shape index (κ1) is 12.1. The van der Waals surface area contributed by atoms with Gasteiger partial charge < -0.3 is 10.2 Å². The lowest BCUT2D eigenvalue weighted by Crippen LogP contribution is -2.16. The van der Waals surface area contributed by atoms with E-state index in [9.17, 15) is 5.11 Å². The molecule has 1 aromatic rings. The number of hydrogen-bond acceptors (Lipinski definition) is 2. The van der Waals surface area contributed by atoms with Crippen molar-refractivity contribution in [3.63, 3.8) is 0 Å². The third-order valence-corrected chi connectivity index (χ3v) is 3.07. The Labute approximate surface area is 91.6 Å². The van der Waals surface area contributed by atoms with E-state index < -0.39 is 0 Å². The largest absolute Gasteiger partial charge is 0.508 e. The van der Waals surface area contributed by atoms with Crippen molar-refractivity contribution in [3.8, 4) is 5.75 Å². The molecule has 84 valence electrons. The van der Waals surface area contributed by atoms with E-state index in [2.05, 4.69) is 20.8 Å². The SMILES string of the molecule is CCC(C)(C)c1cc(CCO)ccc1O. The van der Waals surface area contributed by atoms with Gasteiger partial charge in [0.2, 0.25) is 0 Å². The molecule has 1 rings (SSSR count). The average Bonchev–Trinajstić information content (AvgIpc) is 2.21. The summed E-state index contributed by atoms with van der Waals surface area (Å²) in [6.07, 6.45) is 1.62. The minimum absolute atomic E-state index is 0.0183. The summed E-state index contributed by atoms with van der Waals surface area (Å²) >= 11 is 0. The third-order valence-electron chi connectivity index (χ3n) is 3.07. The fraction of sp³-hybridized carbons (Fsp3) is 0.538. The maximum atomic E-state index is 9.81. The molecule has 0 aliphatic heterocycles. The molecule has 0 amide bonds. The van der Waals surface area contributed by atoms with Crippen LogP contribution in [-0.2, 0) is 11.8 Å². The normalized spacial score (nSPS) is 11.7. The molecule has 0 aliphatic rings. The molecule has 0 unspecified atom stereocenters. The monoisotopic (exact) mass is 208 g/mol. The standard InChI is InChI=1S/C13H20O2/c1-4-13(2,3)11-9-10(7-8-14)5-6-12(11)15/h5-6,9,14-15H,4,7-8H2,1-3H3. The van der Waals surface area contributed by atoms with E-state index in [-0.39, 0.29) is 12.0 Å². The Hall–Kier alpha value is -1.02. The van der Waals surface area contributed by atoms with Crippen LogP contribution in [0.3, 0.4) is 0 Å². The summed E-state index contributed by atoms with van der Waals surface area (Å²) in [6, 6.07) is 5.58. The van der Waals surface area contributed by atoms with Crippen molar-refractivity contribution in [2.75, 3.05) is 6.61 Å². The zero-order valence-corrected chi connectivity index (χ0v) is 9.75. The van der Waals surface area contributed by atoms with Gasteiger partial charge in [-0.2, -0.15) is 0 Å². The lowest BCUT2D eigenvalue weighted by molar-refractivity contribution is 0.299. The van der Waals surface area contributed by atoms with Crippen LogP contribution in [-0.4, -0.2) is 16.8 Å². The first-order valence-electron chi connectivity index (χ1n) is 5.44. The Bertz CT molecular complexity index is 329. The highest BCUT2D eigenvalue weighted by Gasteiger charge is 2.21. The summed E-state index contributed by atoms with van der Waals surface area (Å²) in [6.45, 7) is 6.49. The van der Waals surface area contributed by atoms with Crippen LogP contribution in [0, 0.1) is 0 Å². The molecule has 2 N–H and O–H groups in total. The second kappa shape index (κ2) is 4.67. The zero-order valence-electron chi connectivity index (χ0n) is 9.75. The van der Waals surface area contributed by atoms with Gasteiger partial charge in [-0.25, -0.2) is 0 Å². The molecule has 0 heterocycles. The van der Waals surface area contributed by atoms with Crippen LogP contribution in [0.1, 0.15) is 38.3 Å². The van der Waals surface area contributed by atoms with Crippen molar-refractivity contribution in [1.29, 1.82) is 0 Å². The minimum atomic E-state index is -0.0183. The molecule has 0 bridgehead atoms. The number of aromatic hydroxyl groups is 1. The Kier molecular flexibility index (Phi) is 3.75. The van der Waals surface area contributed by atoms with Crippen molar-refractivity contribution in [3.05, 3.63) is 29.3 Å². The Morgan fingerprint density at radius 1 is 1.27 bits per heavy atom. The van der Waals surface area contributed by atoms with Gasteiger partial charge in [0.1, 0.15) is 5.75 Å². The van der Waals surface area contributed by atoms with Gasteiger partial charge in [0.25, 0.3) is 0 Å². The Balaban J connectivity index is 3.10. The number of rotatable bonds is 4. The first-order valence-corrected chi connectivity index (χ1v) is 5.44. The van der Waals surface area contributed by atoms with E-state index in [1.165, 1.54) is 0 Å². The second-order valence-corrected chi connectivity index (χ2v) is 4.56. The van der Waals surface area contributed by atoms with E-state index in [1.54, 1.807) is 6.07 Å². The summed E-state index contributed by atoms with van der Waals surface area (Å²) in [5, 5.41) is 18.7. The lowest BCUT2D eigenvalue weighted by Gasteiger charge is -2.25. The summed E-state index contributed by atoms with van der Waals surface area (Å²) in [7, 11) is 0. The van der Waals surface area contributed by atoms with Crippen LogP contribution < -0.4 is 0 Å². The zero-order chi connectivity index (χ0) is 11.5. The molecular weight excluding hydrogens is 188 g/mol. The minimum Gasteiger partial charge on any atom is -0.508 e. The molecule has 0 fully saturated rings. The van der Waals surface area contributed by atoms with E-state index in [4.69, 9.17) is 5.11 Å². The summed E-state index contributed by atoms with van der Waals surface area (Å²) in [4.78, 5) is 0. The number of aliphatic hydroxyl groups is 1. The fourth-order valence-corrected chi connectivity index (χ4v) is 1.60. The van der Waals surface area contributed by atoms with Gasteiger partial charge >= 0.3 is 0 Å². The lowest BCUT2D eigenvalue weighted by atomic mass is 9.81. The molecular formula is C13H20O2. The summed E-state index contributed by atoms with van der Waals surface area (Å²) in [5.74, 6) is 0.350. The maximum Gasteiger partial charge on any atom is 0.119 e. The molecule has 0 atom stereocenters. The van der Waals surface area contributed by atoms with E-state index in [0.29, 0.717) is 12.2 Å². The second-order valence-electron chi connectivity index (χ2n) is 4.56. The number of benzene rings is 1. The van der Waals surface area contributed by atoms with Gasteiger partial charge in [0.15, 0.2) is 0 Å². The van der Waals surface area contributed by atoms with Crippen LogP contribution in [0.4, 0.5) is 0 Å². The predicted octanol–water partition coefficient (Wildman–Crippen LogP) is 2.61. The number of phenolic OH excluding ortho intramolecular Hbond substituents is 1. The highest BCUT2D eigenvalue weighted by molar-refractivity contribution is 5.41. The van der Waals surface area contributed by atoms with Gasteiger partial charge in [-0.05, 0) is 35.4 Å². The van der Waals surface area contributed by atoms with Crippen LogP contribution in [0.5, 0.6) is 5.75 Å². The molecule has 0 radical (unpaired) electrons. The van der Waals surface area contributed by atoms with Crippen molar-refractivity contribution < 1.29 is 10.2 Å². The van der Waals surface area contributed by atoms with Gasteiger partial charge in [-0.1, -0.05) is 32.9 Å². The van der Waals surface area contributed by atoms with Crippen LogP contribution >= 0.6 is 0 Å². The molecule has 15 heavy (non-hydrogen) atoms. The molecule has 0 saturated heterocycles. The van der Waals surface area contributed by atoms with Crippen molar-refractivity contribution >= 4 is 0 Å². The number of aliphatic hydroxyl groups excluding tert-OH is 1. The topological polar surface area (TPSA) is 40.5 Å². The van der Waals surface area contributed by atoms with Crippen LogP contribution in [0.15, 0.2) is 18.2 Å². The summed E-state index contributed by atoms with van der Waals surface area (Å²) in [5.41, 5.74) is 2.03. The van der Waals surface area contributed by atoms with E-state index in [0.717, 1.165) is 17.5 Å². The van der Waals surface area contributed by atoms with Crippen molar-refractivity contribution in [2.24, 2.45) is 0 Å². The molecule has 1 aromatic carbocycles. The smallest absolute Gasteiger partial charge is 0.119 e. The molecule has 0 saturated carbocycles. The maximum absolute atomic E-state index is 9.81. The van der Waals surface area contributed by atoms with Crippen molar-refractivity contribution in [2.45, 2.75) is 39.0 Å². The highest BCUT2D eigenvalue weighted by atomic mass is 16.3. The van der Waals surface area contributed by atoms with Gasteiger partial charge in [0, 0.05) is 6.61 Å². The average molecular weight is 208 g/mol. The highest BCUT2D eigenvalue weighted by Crippen LogP contribution is 2.34. The van der Waals surface area contributed by atoms with E-state index >= 15 is 0 Å². The Morgan fingerprint density at radius 3 is 2.47 bits per heavy atom. The van der Waals surface area contributed by atoms with Crippen LogP contribution in [0.2, 0.25) is 0 Å². The summed E-state index contributed by atoms with van der Waals surface area (Å²) < 4.78 is 0. The molecule has 0 spiro atoms. The van der Waals surface area contributed by atoms with E-state index in [1.807, 2.05) is 12.1 Å². The molecule has 2 nitrogen and oxygen atoms in total. The van der Waals surface area contributed by atoms with Gasteiger partial charge in [-0.15, -0.1) is 0 Å². The van der Waals surface area contributed by atoms with Gasteiger partial charge in [-0.3, -0.25) is 0 Å². The fourth-order valence-electron chi connectivity index (χ4n) is 1.60. The number of hydrogen-bond donors (Lipinski definition) is 2. The quantitative estimate of drug-likeness (QED) is 0.798. The third kappa shape index (κ3) is 2.72. The first-order chi connectivity index (χ1) is 7.01. The molecule has 0 aliphatic carbocycles. The number of phenols is 1.